The predicted molar refractivity (Wildman–Crippen MR) is 102 cm³/mol. The minimum atomic E-state index is -4.99. The van der Waals surface area contributed by atoms with Crippen molar-refractivity contribution in [3.8, 4) is 5.75 Å². The van der Waals surface area contributed by atoms with Crippen LogP contribution in [0.1, 0.15) is 31.5 Å². The van der Waals surface area contributed by atoms with E-state index in [1.54, 1.807) is 12.1 Å². The van der Waals surface area contributed by atoms with Crippen LogP contribution in [0.15, 0.2) is 36.5 Å². The van der Waals surface area contributed by atoms with E-state index in [1.165, 1.54) is 33.2 Å². The number of nitrogens with zero attached hydrogens (tertiary/aromatic N) is 2. The van der Waals surface area contributed by atoms with Gasteiger partial charge >= 0.3 is 6.18 Å². The Morgan fingerprint density at radius 2 is 1.90 bits per heavy atom. The second kappa shape index (κ2) is 7.84. The van der Waals surface area contributed by atoms with Crippen molar-refractivity contribution in [2.45, 2.75) is 44.1 Å². The van der Waals surface area contributed by atoms with Gasteiger partial charge in [-0.25, -0.2) is 4.39 Å². The van der Waals surface area contributed by atoms with Gasteiger partial charge in [-0.3, -0.25) is 5.32 Å². The number of benzene rings is 1. The lowest BCUT2D eigenvalue weighted by molar-refractivity contribution is -0.280. The van der Waals surface area contributed by atoms with Crippen LogP contribution < -0.4 is 10.1 Å². The molecule has 0 aliphatic rings. The summed E-state index contributed by atoms with van der Waals surface area (Å²) in [6.07, 6.45) is -4.31. The number of hydrogen-bond donors (Lipinski definition) is 3. The number of methoxy groups -OCH3 is 1. The Bertz CT molecular complexity index is 1000. The highest BCUT2D eigenvalue weighted by Crippen LogP contribution is 2.42. The molecule has 0 bridgehead atoms. The number of aromatic nitrogens is 3. The molecule has 0 aliphatic carbocycles. The SMILES string of the molecule is COc1ccc(F)cc1C(C)(C)CC(O)(NCc1cc2nnccc2[nH]1)C(F)(F)F. The van der Waals surface area contributed by atoms with E-state index in [-0.39, 0.29) is 17.9 Å². The van der Waals surface area contributed by atoms with Crippen molar-refractivity contribution in [2.24, 2.45) is 0 Å². The molecule has 0 radical (unpaired) electrons. The fourth-order valence-corrected chi connectivity index (χ4v) is 3.47. The van der Waals surface area contributed by atoms with Crippen LogP contribution in [0, 0.1) is 5.82 Å². The number of aliphatic hydroxyl groups is 1. The number of rotatable bonds is 7. The maximum Gasteiger partial charge on any atom is 0.431 e. The first kappa shape index (κ1) is 22.0. The number of hydrogen-bond acceptors (Lipinski definition) is 5. The highest BCUT2D eigenvalue weighted by Gasteiger charge is 2.56. The average Bonchev–Trinajstić information content (AvgIpc) is 3.08. The number of ether oxygens (including phenoxy) is 1. The van der Waals surface area contributed by atoms with E-state index < -0.39 is 29.6 Å². The highest BCUT2D eigenvalue weighted by atomic mass is 19.4. The summed E-state index contributed by atoms with van der Waals surface area (Å²) in [5, 5.41) is 20.4. The first-order chi connectivity index (χ1) is 13.9. The van der Waals surface area contributed by atoms with Crippen LogP contribution >= 0.6 is 0 Å². The maximum absolute atomic E-state index is 13.9. The van der Waals surface area contributed by atoms with Crippen molar-refractivity contribution in [1.29, 1.82) is 0 Å². The fourth-order valence-electron chi connectivity index (χ4n) is 3.47. The minimum Gasteiger partial charge on any atom is -0.496 e. The van der Waals surface area contributed by atoms with Gasteiger partial charge in [0.1, 0.15) is 17.1 Å². The first-order valence-corrected chi connectivity index (χ1v) is 9.13. The summed E-state index contributed by atoms with van der Waals surface area (Å²) in [6, 6.07) is 6.81. The smallest absolute Gasteiger partial charge is 0.431 e. The zero-order valence-electron chi connectivity index (χ0n) is 16.6. The molecule has 30 heavy (non-hydrogen) atoms. The summed E-state index contributed by atoms with van der Waals surface area (Å²) in [5.74, 6) is -0.373. The number of nitrogens with one attached hydrogen (secondary N) is 2. The molecule has 10 heteroatoms. The van der Waals surface area contributed by atoms with Crippen molar-refractivity contribution in [3.63, 3.8) is 0 Å². The molecule has 3 aromatic rings. The Hall–Kier alpha value is -2.72. The average molecular weight is 426 g/mol. The van der Waals surface area contributed by atoms with Crippen molar-refractivity contribution < 1.29 is 27.4 Å². The molecule has 6 nitrogen and oxygen atoms in total. The second-order valence-corrected chi connectivity index (χ2v) is 7.74. The summed E-state index contributed by atoms with van der Waals surface area (Å²) in [6.45, 7) is 2.67. The van der Waals surface area contributed by atoms with Gasteiger partial charge in [0.15, 0.2) is 0 Å². The lowest BCUT2D eigenvalue weighted by Gasteiger charge is -2.38. The van der Waals surface area contributed by atoms with Crippen LogP contribution in [0.5, 0.6) is 5.75 Å². The van der Waals surface area contributed by atoms with Gasteiger partial charge in [-0.1, -0.05) is 13.8 Å². The molecule has 0 spiro atoms. The molecule has 1 aromatic carbocycles. The number of halogens is 4. The van der Waals surface area contributed by atoms with Crippen LogP contribution in [0.25, 0.3) is 11.0 Å². The zero-order valence-corrected chi connectivity index (χ0v) is 16.6. The van der Waals surface area contributed by atoms with Crippen molar-refractivity contribution in [2.75, 3.05) is 7.11 Å². The Morgan fingerprint density at radius 3 is 2.53 bits per heavy atom. The zero-order chi connectivity index (χ0) is 22.2. The monoisotopic (exact) mass is 426 g/mol. The van der Waals surface area contributed by atoms with Gasteiger partial charge in [0.25, 0.3) is 0 Å². The molecule has 2 heterocycles. The third kappa shape index (κ3) is 4.39. The Kier molecular flexibility index (Phi) is 5.74. The van der Waals surface area contributed by atoms with E-state index in [0.717, 1.165) is 12.1 Å². The lowest BCUT2D eigenvalue weighted by Crippen LogP contribution is -2.59. The van der Waals surface area contributed by atoms with Gasteiger partial charge in [0, 0.05) is 24.2 Å². The van der Waals surface area contributed by atoms with Gasteiger partial charge in [-0.15, -0.1) is 5.10 Å². The van der Waals surface area contributed by atoms with Crippen LogP contribution in [-0.2, 0) is 12.0 Å². The third-order valence-electron chi connectivity index (χ3n) is 4.98. The van der Waals surface area contributed by atoms with E-state index in [9.17, 15) is 22.7 Å². The van der Waals surface area contributed by atoms with E-state index in [2.05, 4.69) is 20.5 Å². The van der Waals surface area contributed by atoms with Crippen molar-refractivity contribution >= 4 is 11.0 Å². The summed E-state index contributed by atoms with van der Waals surface area (Å²) in [4.78, 5) is 2.93. The quantitative estimate of drug-likeness (QED) is 0.395. The van der Waals surface area contributed by atoms with Crippen molar-refractivity contribution in [1.82, 2.24) is 20.5 Å². The Labute approximate surface area is 170 Å². The number of alkyl halides is 3. The molecule has 0 fully saturated rings. The Balaban J connectivity index is 1.88. The van der Waals surface area contributed by atoms with E-state index in [0.29, 0.717) is 16.7 Å². The van der Waals surface area contributed by atoms with Crippen LogP contribution in [-0.4, -0.2) is 39.3 Å². The molecule has 2 aromatic heterocycles. The molecule has 3 N–H and O–H groups in total. The first-order valence-electron chi connectivity index (χ1n) is 9.13. The summed E-state index contributed by atoms with van der Waals surface area (Å²) in [7, 11) is 1.35. The van der Waals surface area contributed by atoms with Gasteiger partial charge in [-0.05, 0) is 35.7 Å². The molecule has 0 amide bonds. The molecule has 0 aliphatic heterocycles. The van der Waals surface area contributed by atoms with Gasteiger partial charge in [0.2, 0.25) is 5.72 Å². The van der Waals surface area contributed by atoms with E-state index in [1.807, 2.05) is 0 Å². The van der Waals surface area contributed by atoms with Crippen LogP contribution in [0.2, 0.25) is 0 Å². The largest absolute Gasteiger partial charge is 0.496 e. The second-order valence-electron chi connectivity index (χ2n) is 7.74. The lowest BCUT2D eigenvalue weighted by atomic mass is 9.77. The standard InChI is InChI=1S/C20H22F4N4O2/c1-18(2,14-8-12(21)4-5-17(14)30-3)11-19(29,20(22,23)24)25-10-13-9-16-15(27-13)6-7-26-28-16/h4-9,25,27,29H,10-11H2,1-3H3. The minimum absolute atomic E-state index is 0.218. The van der Waals surface area contributed by atoms with Gasteiger partial charge in [-0.2, -0.15) is 18.3 Å². The molecule has 0 saturated carbocycles. The van der Waals surface area contributed by atoms with Crippen molar-refractivity contribution in [3.05, 3.63) is 53.6 Å². The number of aromatic amines is 1. The molecular weight excluding hydrogens is 404 g/mol. The topological polar surface area (TPSA) is 83.1 Å². The van der Waals surface area contributed by atoms with Gasteiger partial charge in [0.05, 0.1) is 18.8 Å². The summed E-state index contributed by atoms with van der Waals surface area (Å²) < 4.78 is 60.6. The predicted octanol–water partition coefficient (Wildman–Crippen LogP) is 3.81. The molecule has 1 unspecified atom stereocenters. The molecule has 0 saturated heterocycles. The number of H-pyrrole nitrogens is 1. The third-order valence-corrected chi connectivity index (χ3v) is 4.98. The van der Waals surface area contributed by atoms with E-state index in [4.69, 9.17) is 4.74 Å². The normalized spacial score (nSPS) is 14.7. The summed E-state index contributed by atoms with van der Waals surface area (Å²) >= 11 is 0. The van der Waals surface area contributed by atoms with Crippen LogP contribution in [0.4, 0.5) is 17.6 Å². The van der Waals surface area contributed by atoms with Gasteiger partial charge < -0.3 is 14.8 Å². The highest BCUT2D eigenvalue weighted by molar-refractivity contribution is 5.74. The Morgan fingerprint density at radius 1 is 1.17 bits per heavy atom. The molecule has 1 atom stereocenters. The number of fused-ring (bicyclic) bond motifs is 1. The van der Waals surface area contributed by atoms with E-state index >= 15 is 0 Å². The summed E-state index contributed by atoms with van der Waals surface area (Å²) in [5.41, 5.74) is -2.80. The van der Waals surface area contributed by atoms with Crippen LogP contribution in [0.3, 0.4) is 0 Å². The molecule has 3 rings (SSSR count). The molecule has 162 valence electrons. The maximum atomic E-state index is 13.9. The molecular formula is C20H22F4N4O2. The fraction of sp³-hybridized carbons (Fsp3) is 0.400.